The first-order valence-electron chi connectivity index (χ1n) is 7.45. The lowest BCUT2D eigenvalue weighted by molar-refractivity contribution is 0.102. The predicted molar refractivity (Wildman–Crippen MR) is 93.8 cm³/mol. The molecule has 7 heteroatoms. The van der Waals surface area contributed by atoms with E-state index in [2.05, 4.69) is 15.6 Å². The van der Waals surface area contributed by atoms with Gasteiger partial charge in [-0.1, -0.05) is 5.21 Å². The first-order chi connectivity index (χ1) is 11.4. The molecular weight excluding hydrogens is 304 g/mol. The van der Waals surface area contributed by atoms with E-state index in [1.54, 1.807) is 35.8 Å². The van der Waals surface area contributed by atoms with Crippen LogP contribution in [0.15, 0.2) is 30.5 Å². The van der Waals surface area contributed by atoms with E-state index in [1.807, 2.05) is 19.9 Å². The van der Waals surface area contributed by atoms with Crippen molar-refractivity contribution in [3.05, 3.63) is 52.8 Å². The second-order valence-electron chi connectivity index (χ2n) is 5.74. The number of anilines is 2. The third-order valence-corrected chi connectivity index (χ3v) is 3.96. The topological polar surface area (TPSA) is 109 Å². The minimum atomic E-state index is -0.235. The largest absolute Gasteiger partial charge is 0.398 e. The molecule has 0 unspecified atom stereocenters. The number of fused-ring (bicyclic) bond motifs is 1. The van der Waals surface area contributed by atoms with E-state index in [0.717, 1.165) is 16.8 Å². The molecule has 0 aliphatic rings. The number of rotatable bonds is 3. The molecule has 0 saturated carbocycles. The quantitative estimate of drug-likeness (QED) is 0.508. The Labute approximate surface area is 139 Å². The average molecular weight is 322 g/mol. The van der Waals surface area contributed by atoms with Crippen LogP contribution in [0.1, 0.15) is 34.1 Å². The molecule has 4 N–H and O–H groups in total. The molecule has 122 valence electrons. The predicted octanol–water partition coefficient (Wildman–Crippen LogP) is 2.57. The van der Waals surface area contributed by atoms with Crippen molar-refractivity contribution in [1.29, 1.82) is 5.41 Å². The van der Waals surface area contributed by atoms with Gasteiger partial charge in [0.05, 0.1) is 23.0 Å². The number of nitrogen functional groups attached to an aromatic ring is 1. The van der Waals surface area contributed by atoms with Crippen LogP contribution >= 0.6 is 0 Å². The van der Waals surface area contributed by atoms with Crippen molar-refractivity contribution in [2.75, 3.05) is 11.1 Å². The number of nitrogens with one attached hydrogen (secondary N) is 2. The summed E-state index contributed by atoms with van der Waals surface area (Å²) in [4.78, 5) is 12.7. The van der Waals surface area contributed by atoms with E-state index in [4.69, 9.17) is 11.1 Å². The van der Waals surface area contributed by atoms with Crippen LogP contribution in [0.3, 0.4) is 0 Å². The number of hydrogen-bond acceptors (Lipinski definition) is 5. The average Bonchev–Trinajstić information content (AvgIpc) is 2.97. The van der Waals surface area contributed by atoms with Crippen molar-refractivity contribution in [2.24, 2.45) is 0 Å². The molecule has 0 saturated heterocycles. The standard InChI is InChI=1S/C17H18N6O/c1-9-6-13-8-20-22-23(13)11(3)16(9)17(24)21-12-4-5-15(19)14(7-12)10(2)18/h4-8,18H,19H2,1-3H3,(H,21,24). The molecule has 7 nitrogen and oxygen atoms in total. The van der Waals surface area contributed by atoms with Crippen LogP contribution in [0.2, 0.25) is 0 Å². The smallest absolute Gasteiger partial charge is 0.257 e. The van der Waals surface area contributed by atoms with E-state index in [0.29, 0.717) is 28.2 Å². The van der Waals surface area contributed by atoms with Gasteiger partial charge in [-0.2, -0.15) is 0 Å². The summed E-state index contributed by atoms with van der Waals surface area (Å²) in [5.41, 5.74) is 10.9. The zero-order valence-corrected chi connectivity index (χ0v) is 13.7. The van der Waals surface area contributed by atoms with Gasteiger partial charge in [-0.25, -0.2) is 4.52 Å². The lowest BCUT2D eigenvalue weighted by Gasteiger charge is -2.13. The molecule has 0 atom stereocenters. The molecule has 0 aliphatic carbocycles. The molecule has 0 fully saturated rings. The lowest BCUT2D eigenvalue weighted by Crippen LogP contribution is -2.17. The Balaban J connectivity index is 1.99. The lowest BCUT2D eigenvalue weighted by atomic mass is 10.1. The number of nitrogens with two attached hydrogens (primary N) is 1. The van der Waals surface area contributed by atoms with Crippen molar-refractivity contribution in [3.8, 4) is 0 Å². The van der Waals surface area contributed by atoms with Gasteiger partial charge in [0.2, 0.25) is 0 Å². The van der Waals surface area contributed by atoms with Gasteiger partial charge >= 0.3 is 0 Å². The summed E-state index contributed by atoms with van der Waals surface area (Å²) in [5.74, 6) is -0.235. The van der Waals surface area contributed by atoms with Crippen LogP contribution in [0, 0.1) is 19.3 Å². The molecule has 2 heterocycles. The second kappa shape index (κ2) is 5.77. The zero-order valence-electron chi connectivity index (χ0n) is 13.7. The fourth-order valence-electron chi connectivity index (χ4n) is 2.78. The van der Waals surface area contributed by atoms with Crippen LogP contribution < -0.4 is 11.1 Å². The summed E-state index contributed by atoms with van der Waals surface area (Å²) in [5, 5.41) is 18.5. The Kier molecular flexibility index (Phi) is 3.76. The van der Waals surface area contributed by atoms with E-state index in [9.17, 15) is 4.79 Å². The number of hydrogen-bond donors (Lipinski definition) is 3. The SMILES string of the molecule is CC(=N)c1cc(NC(=O)c2c(C)cc3cnnn3c2C)ccc1N. The summed E-state index contributed by atoms with van der Waals surface area (Å²) in [6.07, 6.45) is 1.65. The Morgan fingerprint density at radius 3 is 2.75 bits per heavy atom. The number of carbonyl (C=O) groups is 1. The van der Waals surface area contributed by atoms with Gasteiger partial charge in [0, 0.05) is 22.6 Å². The monoisotopic (exact) mass is 322 g/mol. The van der Waals surface area contributed by atoms with Gasteiger partial charge in [0.15, 0.2) is 0 Å². The third-order valence-electron chi connectivity index (χ3n) is 3.96. The second-order valence-corrected chi connectivity index (χ2v) is 5.74. The Morgan fingerprint density at radius 1 is 1.29 bits per heavy atom. The fourth-order valence-corrected chi connectivity index (χ4v) is 2.78. The number of aromatic nitrogens is 3. The summed E-state index contributed by atoms with van der Waals surface area (Å²) in [6.45, 7) is 5.37. The van der Waals surface area contributed by atoms with Crippen molar-refractivity contribution >= 4 is 28.5 Å². The van der Waals surface area contributed by atoms with Gasteiger partial charge in [-0.3, -0.25) is 4.79 Å². The van der Waals surface area contributed by atoms with Gasteiger partial charge in [-0.05, 0) is 50.6 Å². The summed E-state index contributed by atoms with van der Waals surface area (Å²) in [6, 6.07) is 6.98. The molecule has 0 aliphatic heterocycles. The maximum Gasteiger partial charge on any atom is 0.257 e. The Bertz CT molecular complexity index is 973. The molecular formula is C17H18N6O. The summed E-state index contributed by atoms with van der Waals surface area (Å²) in [7, 11) is 0. The highest BCUT2D eigenvalue weighted by molar-refractivity contribution is 6.08. The van der Waals surface area contributed by atoms with E-state index < -0.39 is 0 Å². The van der Waals surface area contributed by atoms with Crippen LogP contribution in [-0.4, -0.2) is 26.4 Å². The van der Waals surface area contributed by atoms with Crippen LogP contribution in [0.25, 0.3) is 5.52 Å². The molecule has 1 amide bonds. The number of amides is 1. The maximum absolute atomic E-state index is 12.7. The molecule has 3 aromatic rings. The number of benzene rings is 1. The van der Waals surface area contributed by atoms with Gasteiger partial charge in [0.1, 0.15) is 0 Å². The molecule has 1 aromatic carbocycles. The first-order valence-corrected chi connectivity index (χ1v) is 7.45. The number of aryl methyl sites for hydroxylation is 2. The molecule has 0 spiro atoms. The van der Waals surface area contributed by atoms with Crippen LogP contribution in [-0.2, 0) is 0 Å². The van der Waals surface area contributed by atoms with Crippen molar-refractivity contribution in [2.45, 2.75) is 20.8 Å². The highest BCUT2D eigenvalue weighted by Crippen LogP contribution is 2.21. The number of carbonyl (C=O) groups excluding carboxylic acids is 1. The fraction of sp³-hybridized carbons (Fsp3) is 0.176. The number of pyridine rings is 1. The van der Waals surface area contributed by atoms with Crippen molar-refractivity contribution in [1.82, 2.24) is 14.8 Å². The van der Waals surface area contributed by atoms with Crippen molar-refractivity contribution < 1.29 is 4.79 Å². The third kappa shape index (κ3) is 2.60. The highest BCUT2D eigenvalue weighted by Gasteiger charge is 2.17. The molecule has 0 bridgehead atoms. The van der Waals surface area contributed by atoms with Gasteiger partial charge < -0.3 is 16.5 Å². The first kappa shape index (κ1) is 15.7. The molecule has 2 aromatic heterocycles. The Hall–Kier alpha value is -3.22. The van der Waals surface area contributed by atoms with E-state index >= 15 is 0 Å². The molecule has 24 heavy (non-hydrogen) atoms. The van der Waals surface area contributed by atoms with E-state index in [-0.39, 0.29) is 5.91 Å². The zero-order chi connectivity index (χ0) is 17.4. The van der Waals surface area contributed by atoms with Crippen LogP contribution in [0.5, 0.6) is 0 Å². The molecule has 0 radical (unpaired) electrons. The summed E-state index contributed by atoms with van der Waals surface area (Å²) >= 11 is 0. The minimum absolute atomic E-state index is 0.235. The summed E-state index contributed by atoms with van der Waals surface area (Å²) < 4.78 is 1.64. The van der Waals surface area contributed by atoms with E-state index in [1.165, 1.54) is 0 Å². The normalized spacial score (nSPS) is 10.8. The van der Waals surface area contributed by atoms with Gasteiger partial charge in [-0.15, -0.1) is 5.10 Å². The maximum atomic E-state index is 12.7. The molecule has 3 rings (SSSR count). The van der Waals surface area contributed by atoms with Crippen molar-refractivity contribution in [3.63, 3.8) is 0 Å². The van der Waals surface area contributed by atoms with Crippen LogP contribution in [0.4, 0.5) is 11.4 Å². The number of nitrogens with zero attached hydrogens (tertiary/aromatic N) is 3. The Morgan fingerprint density at radius 2 is 2.04 bits per heavy atom. The van der Waals surface area contributed by atoms with Gasteiger partial charge in [0.25, 0.3) is 5.91 Å². The highest BCUT2D eigenvalue weighted by atomic mass is 16.1. The minimum Gasteiger partial charge on any atom is -0.398 e.